The normalized spacial score (nSPS) is 16.7. The third-order valence-electron chi connectivity index (χ3n) is 1.39. The second-order valence-electron chi connectivity index (χ2n) is 2.64. The van der Waals surface area contributed by atoms with E-state index in [4.69, 9.17) is 9.05 Å². The Balaban J connectivity index is 0. The van der Waals surface area contributed by atoms with E-state index in [9.17, 15) is 0 Å². The van der Waals surface area contributed by atoms with Crippen molar-refractivity contribution in [2.45, 2.75) is 10.5 Å². The van der Waals surface area contributed by atoms with Gasteiger partial charge >= 0.3 is 113 Å². The summed E-state index contributed by atoms with van der Waals surface area (Å²) in [5.41, 5.74) is 0. The molecule has 2 fully saturated rings. The summed E-state index contributed by atoms with van der Waals surface area (Å²) in [4.78, 5) is 0. The fourth-order valence-electron chi connectivity index (χ4n) is 0.675. The Morgan fingerprint density at radius 3 is 1.67 bits per heavy atom. The van der Waals surface area contributed by atoms with Crippen LogP contribution in [0.25, 0.3) is 0 Å². The summed E-state index contributed by atoms with van der Waals surface area (Å²) < 4.78 is 25.4. The molecule has 18 heavy (non-hydrogen) atoms. The summed E-state index contributed by atoms with van der Waals surface area (Å²) in [7, 11) is 6.94. The second-order valence-corrected chi connectivity index (χ2v) is 26.1. The molecule has 2 saturated heterocycles. The molecule has 2 rings (SSSR count). The number of rotatable bonds is 2. The maximum absolute atomic E-state index is 8.52. The molecule has 12 heteroatoms. The van der Waals surface area contributed by atoms with Crippen LogP contribution in [0.4, 0.5) is 0 Å². The third kappa shape index (κ3) is 14.9. The van der Waals surface area contributed by atoms with Crippen molar-refractivity contribution in [2.75, 3.05) is 23.0 Å². The second kappa shape index (κ2) is 19.0. The average molecular weight is 691 g/mol. The molecule has 0 aromatic carbocycles. The first kappa shape index (κ1) is 24.2. The van der Waals surface area contributed by atoms with Crippen molar-refractivity contribution in [1.29, 1.82) is 0 Å². The van der Waals surface area contributed by atoms with E-state index in [2.05, 4.69) is 64.4 Å². The van der Waals surface area contributed by atoms with Crippen molar-refractivity contribution in [1.82, 2.24) is 0 Å². The van der Waals surface area contributed by atoms with Crippen LogP contribution >= 0.6 is 64.4 Å². The van der Waals surface area contributed by atoms with Crippen LogP contribution in [0.1, 0.15) is 0 Å². The molecule has 0 saturated carbocycles. The fraction of sp³-hybridized carbons (Fsp3) is 1.00. The van der Waals surface area contributed by atoms with Gasteiger partial charge in [0.25, 0.3) is 0 Å². The van der Waals surface area contributed by atoms with Gasteiger partial charge in [-0.05, 0) is 0 Å². The van der Waals surface area contributed by atoms with Gasteiger partial charge in [0.2, 0.25) is 0 Å². The molecule has 0 atom stereocenters. The Hall–Kier alpha value is 3.95. The van der Waals surface area contributed by atoms with Crippen LogP contribution in [-0.4, -0.2) is 94.1 Å². The summed E-state index contributed by atoms with van der Waals surface area (Å²) in [6, 6.07) is 0. The number of hydrogen-bond donors (Lipinski definition) is 3. The Morgan fingerprint density at radius 1 is 1.22 bits per heavy atom. The molecule has 3 nitrogen and oxygen atoms in total. The standard InChI is InChI=1S/2C3H8S3.3O.3Sb/c2*4-1-3(6)2-5;;;;;;/h2*3-6H,1-2H2;;;;;;/q;;;;;;;+3/p-3. The summed E-state index contributed by atoms with van der Waals surface area (Å²) in [6.07, 6.45) is 0. The molecule has 2 aliphatic rings. The molecule has 2 heterocycles. The minimum absolute atomic E-state index is 0.358. The maximum atomic E-state index is 8.52. The van der Waals surface area contributed by atoms with Gasteiger partial charge in [-0.3, -0.25) is 0 Å². The van der Waals surface area contributed by atoms with Gasteiger partial charge in [0, 0.05) is 16.8 Å². The summed E-state index contributed by atoms with van der Waals surface area (Å²) in [6.45, 7) is 0. The van der Waals surface area contributed by atoms with Crippen molar-refractivity contribution >= 4 is 125 Å². The first-order valence-corrected chi connectivity index (χ1v) is 21.4. The summed E-state index contributed by atoms with van der Waals surface area (Å²) >= 11 is 9.76. The Morgan fingerprint density at radius 2 is 1.61 bits per heavy atom. The zero-order valence-electron chi connectivity index (χ0n) is 9.12. The van der Waals surface area contributed by atoms with Gasteiger partial charge in [-0.1, -0.05) is 0 Å². The van der Waals surface area contributed by atoms with Crippen LogP contribution < -0.4 is 0 Å². The SMILES string of the molecule is C1[S][Sb]2[S]CC1[S]2.SCC(S)CS.[O]=[Sb].[O]=[Sb]=[O]. The van der Waals surface area contributed by atoms with E-state index in [0.717, 1.165) is 16.8 Å². The van der Waals surface area contributed by atoms with Crippen LogP contribution in [-0.2, 0) is 9.05 Å². The predicted molar refractivity (Wildman–Crippen MR) is 96.1 cm³/mol. The molecule has 0 aliphatic carbocycles. The molecule has 2 radical (unpaired) electrons. The zero-order valence-corrected chi connectivity index (χ0v) is 21.9. The monoisotopic (exact) mass is 688 g/mol. The van der Waals surface area contributed by atoms with Gasteiger partial charge in [-0.2, -0.15) is 37.9 Å². The molecule has 0 N–H and O–H groups in total. The molecule has 106 valence electrons. The van der Waals surface area contributed by atoms with E-state index in [0.29, 0.717) is 28.3 Å². The molecular formula is C6H13O3S6Sb3. The van der Waals surface area contributed by atoms with Crippen LogP contribution in [0.15, 0.2) is 0 Å². The van der Waals surface area contributed by atoms with Crippen molar-refractivity contribution in [3.05, 3.63) is 0 Å². The Bertz CT molecular complexity index is 211. The van der Waals surface area contributed by atoms with Crippen LogP contribution in [0.2, 0.25) is 0 Å². The Labute approximate surface area is 164 Å². The quantitative estimate of drug-likeness (QED) is 0.303. The van der Waals surface area contributed by atoms with Crippen molar-refractivity contribution in [2.24, 2.45) is 0 Å². The number of fused-ring (bicyclic) bond motifs is 2. The molecular weight excluding hydrogens is 678 g/mol. The summed E-state index contributed by atoms with van der Waals surface area (Å²) in [5, 5.41) is 1.45. The van der Waals surface area contributed by atoms with Gasteiger partial charge in [0.05, 0.1) is 0 Å². The van der Waals surface area contributed by atoms with Gasteiger partial charge in [-0.25, -0.2) is 0 Å². The van der Waals surface area contributed by atoms with Gasteiger partial charge < -0.3 is 0 Å². The van der Waals surface area contributed by atoms with Gasteiger partial charge in [-0.15, -0.1) is 0 Å². The molecule has 0 aromatic rings. The first-order valence-electron chi connectivity index (χ1n) is 4.43. The first-order chi connectivity index (χ1) is 8.67. The number of hydrogen-bond acceptors (Lipinski definition) is 9. The van der Waals surface area contributed by atoms with E-state index >= 15 is 0 Å². The number of thiol groups is 3. The van der Waals surface area contributed by atoms with Gasteiger partial charge in [0.1, 0.15) is 0 Å². The van der Waals surface area contributed by atoms with Crippen LogP contribution in [0, 0.1) is 0 Å². The van der Waals surface area contributed by atoms with E-state index < -0.39 is 37.6 Å². The molecule has 2 aliphatic heterocycles. The van der Waals surface area contributed by atoms with E-state index in [1.807, 2.05) is 0 Å². The average Bonchev–Trinajstić information content (AvgIpc) is 3.06. The Kier molecular flexibility index (Phi) is 25.6. The van der Waals surface area contributed by atoms with E-state index in [1.165, 1.54) is 11.5 Å². The van der Waals surface area contributed by atoms with Gasteiger partial charge in [0.15, 0.2) is 0 Å². The van der Waals surface area contributed by atoms with E-state index in [1.54, 1.807) is 0 Å². The van der Waals surface area contributed by atoms with E-state index in [-0.39, 0.29) is 0 Å². The molecule has 2 bridgehead atoms. The molecule has 0 spiro atoms. The predicted octanol–water partition coefficient (Wildman–Crippen LogP) is 1.59. The van der Waals surface area contributed by atoms with Crippen LogP contribution in [0.5, 0.6) is 0 Å². The molecule has 0 unspecified atom stereocenters. The van der Waals surface area contributed by atoms with Crippen LogP contribution in [0.3, 0.4) is 0 Å². The van der Waals surface area contributed by atoms with Crippen molar-refractivity contribution in [3.63, 3.8) is 0 Å². The zero-order chi connectivity index (χ0) is 14.4. The van der Waals surface area contributed by atoms with Crippen molar-refractivity contribution in [3.8, 4) is 0 Å². The third-order valence-corrected chi connectivity index (χ3v) is 28.1. The summed E-state index contributed by atoms with van der Waals surface area (Å²) in [5.74, 6) is 4.63. The molecule has 0 amide bonds. The topological polar surface area (TPSA) is 51.2 Å². The fourth-order valence-corrected chi connectivity index (χ4v) is 31.0. The minimum atomic E-state index is -2.15. The van der Waals surface area contributed by atoms with Crippen molar-refractivity contribution < 1.29 is 9.05 Å². The molecule has 0 aromatic heterocycles.